The molecule has 15 heavy (non-hydrogen) atoms. The maximum atomic E-state index is 5.74. The summed E-state index contributed by atoms with van der Waals surface area (Å²) in [6.07, 6.45) is 0.117. The van der Waals surface area contributed by atoms with Gasteiger partial charge in [-0.1, -0.05) is 21.8 Å². The van der Waals surface area contributed by atoms with Gasteiger partial charge in [0, 0.05) is 10.7 Å². The van der Waals surface area contributed by atoms with Crippen LogP contribution in [0.2, 0.25) is 5.02 Å². The predicted molar refractivity (Wildman–Crippen MR) is 55.6 cm³/mol. The highest BCUT2D eigenvalue weighted by atomic mass is 35.5. The van der Waals surface area contributed by atoms with Gasteiger partial charge in [0.15, 0.2) is 0 Å². The van der Waals surface area contributed by atoms with Crippen molar-refractivity contribution < 1.29 is 9.15 Å². The molecular formula is C9H8ClN3O2. The monoisotopic (exact) mass is 225 g/mol. The minimum absolute atomic E-state index is 0.117. The highest BCUT2D eigenvalue weighted by Gasteiger charge is 2.04. The molecule has 2 rings (SSSR count). The van der Waals surface area contributed by atoms with Crippen molar-refractivity contribution in [2.45, 2.75) is 0 Å². The molecule has 2 aromatic rings. The number of aromatic nitrogens is 2. The molecule has 0 spiro atoms. The third kappa shape index (κ3) is 2.38. The van der Waals surface area contributed by atoms with E-state index in [9.17, 15) is 0 Å². The lowest BCUT2D eigenvalue weighted by Crippen LogP contribution is -1.89. The van der Waals surface area contributed by atoms with Crippen molar-refractivity contribution in [3.8, 4) is 6.08 Å². The van der Waals surface area contributed by atoms with Crippen LogP contribution in [0.15, 0.2) is 28.7 Å². The first-order valence-electron chi connectivity index (χ1n) is 4.18. The molecule has 1 N–H and O–H groups in total. The molecule has 78 valence electrons. The van der Waals surface area contributed by atoms with Gasteiger partial charge in [-0.25, -0.2) is 0 Å². The van der Waals surface area contributed by atoms with E-state index in [1.54, 1.807) is 24.3 Å². The topological polar surface area (TPSA) is 60.2 Å². The Hall–Kier alpha value is -1.75. The van der Waals surface area contributed by atoms with Gasteiger partial charge in [-0.3, -0.25) is 0 Å². The minimum atomic E-state index is 0.117. The van der Waals surface area contributed by atoms with Crippen molar-refractivity contribution in [3.63, 3.8) is 0 Å². The molecule has 0 saturated carbocycles. The van der Waals surface area contributed by atoms with Crippen LogP contribution < -0.4 is 10.1 Å². The number of nitrogens with one attached hydrogen (secondary N) is 1. The van der Waals surface area contributed by atoms with Crippen molar-refractivity contribution in [3.05, 3.63) is 29.3 Å². The molecule has 5 nitrogen and oxygen atoms in total. The normalized spacial score (nSPS) is 10.0. The molecule has 6 heteroatoms. The Bertz CT molecular complexity index is 441. The first kappa shape index (κ1) is 9.79. The lowest BCUT2D eigenvalue weighted by Gasteiger charge is -1.99. The lowest BCUT2D eigenvalue weighted by atomic mass is 10.3. The standard InChI is InChI=1S/C9H8ClN3O2/c1-14-9-13-12-8(15-9)11-7-4-2-6(10)3-5-7/h2-5H,1H3,(H,11,12). The molecule has 1 aromatic heterocycles. The first-order valence-corrected chi connectivity index (χ1v) is 4.56. The fraction of sp³-hybridized carbons (Fsp3) is 0.111. The Kier molecular flexibility index (Phi) is 2.73. The Balaban J connectivity index is 2.11. The summed E-state index contributed by atoms with van der Waals surface area (Å²) in [6, 6.07) is 7.40. The lowest BCUT2D eigenvalue weighted by molar-refractivity contribution is 0.294. The molecular weight excluding hydrogens is 218 g/mol. The zero-order valence-corrected chi connectivity index (χ0v) is 8.65. The van der Waals surface area contributed by atoms with Gasteiger partial charge < -0.3 is 14.5 Å². The van der Waals surface area contributed by atoms with E-state index < -0.39 is 0 Å². The summed E-state index contributed by atoms with van der Waals surface area (Å²) in [5, 5.41) is 10.9. The van der Waals surface area contributed by atoms with E-state index in [1.165, 1.54) is 7.11 Å². The van der Waals surface area contributed by atoms with Gasteiger partial charge in [-0.05, 0) is 24.3 Å². The Morgan fingerprint density at radius 2 is 2.00 bits per heavy atom. The molecule has 0 unspecified atom stereocenters. The van der Waals surface area contributed by atoms with Gasteiger partial charge in [-0.15, -0.1) is 0 Å². The maximum Gasteiger partial charge on any atom is 0.415 e. The van der Waals surface area contributed by atoms with Gasteiger partial charge >= 0.3 is 12.1 Å². The Morgan fingerprint density at radius 3 is 2.60 bits per heavy atom. The van der Waals surface area contributed by atoms with Gasteiger partial charge in [0.05, 0.1) is 7.11 Å². The fourth-order valence-electron chi connectivity index (χ4n) is 0.999. The highest BCUT2D eigenvalue weighted by Crippen LogP contribution is 2.19. The van der Waals surface area contributed by atoms with Crippen LogP contribution in [0.4, 0.5) is 11.7 Å². The second-order valence-electron chi connectivity index (χ2n) is 2.71. The van der Waals surface area contributed by atoms with Crippen LogP contribution in [0.1, 0.15) is 0 Å². The molecule has 0 aliphatic heterocycles. The van der Waals surface area contributed by atoms with E-state index in [0.717, 1.165) is 5.69 Å². The van der Waals surface area contributed by atoms with Crippen molar-refractivity contribution in [1.82, 2.24) is 10.2 Å². The zero-order valence-electron chi connectivity index (χ0n) is 7.90. The number of rotatable bonds is 3. The quantitative estimate of drug-likeness (QED) is 0.870. The van der Waals surface area contributed by atoms with Gasteiger partial charge in [0.25, 0.3) is 0 Å². The van der Waals surface area contributed by atoms with Crippen LogP contribution in [0.3, 0.4) is 0 Å². The second-order valence-corrected chi connectivity index (χ2v) is 3.15. The molecule has 0 radical (unpaired) electrons. The fourth-order valence-corrected chi connectivity index (χ4v) is 1.13. The number of methoxy groups -OCH3 is 1. The summed E-state index contributed by atoms with van der Waals surface area (Å²) >= 11 is 5.74. The molecule has 0 saturated heterocycles. The molecule has 0 bridgehead atoms. The van der Waals surface area contributed by atoms with E-state index in [-0.39, 0.29) is 12.1 Å². The van der Waals surface area contributed by atoms with Gasteiger partial charge in [-0.2, -0.15) is 0 Å². The summed E-state index contributed by atoms with van der Waals surface area (Å²) in [4.78, 5) is 0. The van der Waals surface area contributed by atoms with E-state index in [1.807, 2.05) is 0 Å². The van der Waals surface area contributed by atoms with E-state index >= 15 is 0 Å². The third-order valence-corrected chi connectivity index (χ3v) is 1.93. The smallest absolute Gasteiger partial charge is 0.415 e. The van der Waals surface area contributed by atoms with Crippen molar-refractivity contribution >= 4 is 23.3 Å². The maximum absolute atomic E-state index is 5.74. The molecule has 1 aromatic carbocycles. The second kappa shape index (κ2) is 4.18. The summed E-state index contributed by atoms with van der Waals surface area (Å²) in [7, 11) is 1.46. The van der Waals surface area contributed by atoms with E-state index in [0.29, 0.717) is 5.02 Å². The molecule has 0 aliphatic rings. The molecule has 0 fully saturated rings. The number of ether oxygens (including phenoxy) is 1. The average Bonchev–Trinajstić information content (AvgIpc) is 2.69. The van der Waals surface area contributed by atoms with Crippen LogP contribution in [0, 0.1) is 0 Å². The number of benzene rings is 1. The summed E-state index contributed by atoms with van der Waals surface area (Å²) in [6.45, 7) is 0. The molecule has 0 atom stereocenters. The summed E-state index contributed by atoms with van der Waals surface area (Å²) in [5.74, 6) is 0. The Labute approximate surface area is 91.0 Å². The SMILES string of the molecule is COc1nnc(Nc2ccc(Cl)cc2)o1. The van der Waals surface area contributed by atoms with Crippen LogP contribution in [0.5, 0.6) is 6.08 Å². The van der Waals surface area contributed by atoms with E-state index in [4.69, 9.17) is 20.8 Å². The van der Waals surface area contributed by atoms with Gasteiger partial charge in [0.1, 0.15) is 0 Å². The Morgan fingerprint density at radius 1 is 1.27 bits per heavy atom. The highest BCUT2D eigenvalue weighted by molar-refractivity contribution is 6.30. The molecule has 0 aliphatic carbocycles. The minimum Gasteiger partial charge on any atom is -0.452 e. The van der Waals surface area contributed by atoms with Crippen LogP contribution in [-0.2, 0) is 0 Å². The average molecular weight is 226 g/mol. The predicted octanol–water partition coefficient (Wildman–Crippen LogP) is 2.48. The number of anilines is 2. The largest absolute Gasteiger partial charge is 0.452 e. The summed E-state index contributed by atoms with van der Waals surface area (Å²) in [5.41, 5.74) is 0.811. The number of nitrogens with zero attached hydrogens (tertiary/aromatic N) is 2. The number of hydrogen-bond acceptors (Lipinski definition) is 5. The van der Waals surface area contributed by atoms with Crippen molar-refractivity contribution in [2.75, 3.05) is 12.4 Å². The summed E-state index contributed by atoms with van der Waals surface area (Å²) < 4.78 is 9.83. The van der Waals surface area contributed by atoms with Crippen molar-refractivity contribution in [2.24, 2.45) is 0 Å². The van der Waals surface area contributed by atoms with Crippen LogP contribution in [0.25, 0.3) is 0 Å². The third-order valence-electron chi connectivity index (χ3n) is 1.68. The molecule has 1 heterocycles. The van der Waals surface area contributed by atoms with Gasteiger partial charge in [0.2, 0.25) is 0 Å². The first-order chi connectivity index (χ1) is 7.28. The van der Waals surface area contributed by atoms with E-state index in [2.05, 4.69) is 15.5 Å². The van der Waals surface area contributed by atoms with Crippen LogP contribution in [-0.4, -0.2) is 17.3 Å². The number of hydrogen-bond donors (Lipinski definition) is 1. The van der Waals surface area contributed by atoms with Crippen molar-refractivity contribution in [1.29, 1.82) is 0 Å². The zero-order chi connectivity index (χ0) is 10.7. The van der Waals surface area contributed by atoms with Crippen LogP contribution >= 0.6 is 11.6 Å². The molecule has 0 amide bonds. The number of halogens is 1.